The lowest BCUT2D eigenvalue weighted by Crippen LogP contribution is -2.47. The minimum absolute atomic E-state index is 0.0918. The van der Waals surface area contributed by atoms with Crippen LogP contribution in [0.2, 0.25) is 0 Å². The molecule has 3 nitrogen and oxygen atoms in total. The van der Waals surface area contributed by atoms with Crippen LogP contribution in [0.25, 0.3) is 0 Å². The van der Waals surface area contributed by atoms with Gasteiger partial charge in [-0.2, -0.15) is 0 Å². The third kappa shape index (κ3) is 4.32. The Labute approximate surface area is 129 Å². The summed E-state index contributed by atoms with van der Waals surface area (Å²) in [7, 11) is 0. The third-order valence-corrected chi connectivity index (χ3v) is 4.39. The molecule has 2 atom stereocenters. The summed E-state index contributed by atoms with van der Waals surface area (Å²) in [5, 5.41) is 3.18. The Morgan fingerprint density at radius 2 is 2.00 bits per heavy atom. The van der Waals surface area contributed by atoms with Crippen molar-refractivity contribution < 1.29 is 4.79 Å². The highest BCUT2D eigenvalue weighted by Crippen LogP contribution is 2.25. The summed E-state index contributed by atoms with van der Waals surface area (Å²) in [5.41, 5.74) is 6.87. The maximum Gasteiger partial charge on any atom is 0.223 e. The smallest absolute Gasteiger partial charge is 0.223 e. The molecule has 0 spiro atoms. The maximum atomic E-state index is 12.3. The normalized spacial score (nSPS) is 22.8. The first-order chi connectivity index (χ1) is 9.35. The van der Waals surface area contributed by atoms with Gasteiger partial charge in [0.05, 0.1) is 0 Å². The van der Waals surface area contributed by atoms with Crippen molar-refractivity contribution in [2.45, 2.75) is 51.1 Å². The molecular weight excluding hydrogens is 316 g/mol. The summed E-state index contributed by atoms with van der Waals surface area (Å²) in [4.78, 5) is 12.3. The van der Waals surface area contributed by atoms with Crippen LogP contribution >= 0.6 is 15.9 Å². The van der Waals surface area contributed by atoms with Gasteiger partial charge in [-0.05, 0) is 57.2 Å². The van der Waals surface area contributed by atoms with Crippen molar-refractivity contribution in [1.82, 2.24) is 5.32 Å². The van der Waals surface area contributed by atoms with Crippen LogP contribution in [0.1, 0.15) is 38.7 Å². The molecule has 0 aliphatic heterocycles. The first-order valence-corrected chi connectivity index (χ1v) is 7.97. The number of hydrogen-bond donors (Lipinski definition) is 2. The molecule has 1 aromatic rings. The number of nitrogens with one attached hydrogen (secondary N) is 1. The summed E-state index contributed by atoms with van der Waals surface area (Å²) in [6.45, 7) is 4.14. The Morgan fingerprint density at radius 3 is 2.55 bits per heavy atom. The zero-order chi connectivity index (χ0) is 14.8. The molecule has 1 fully saturated rings. The fourth-order valence-electron chi connectivity index (χ4n) is 2.85. The number of benzene rings is 1. The van der Waals surface area contributed by atoms with Crippen molar-refractivity contribution in [3.05, 3.63) is 34.3 Å². The number of hydrogen-bond acceptors (Lipinski definition) is 2. The van der Waals surface area contributed by atoms with Gasteiger partial charge in [0.1, 0.15) is 0 Å². The van der Waals surface area contributed by atoms with E-state index in [0.29, 0.717) is 0 Å². The van der Waals surface area contributed by atoms with E-state index < -0.39 is 0 Å². The van der Waals surface area contributed by atoms with Crippen LogP contribution in [0.4, 0.5) is 0 Å². The van der Waals surface area contributed by atoms with Gasteiger partial charge in [-0.25, -0.2) is 0 Å². The Morgan fingerprint density at radius 1 is 1.35 bits per heavy atom. The van der Waals surface area contributed by atoms with Gasteiger partial charge in [0, 0.05) is 22.0 Å². The molecule has 3 N–H and O–H groups in total. The molecule has 2 rings (SSSR count). The van der Waals surface area contributed by atoms with Crippen LogP contribution in [-0.2, 0) is 11.2 Å². The number of rotatable bonds is 4. The van der Waals surface area contributed by atoms with E-state index in [2.05, 4.69) is 47.2 Å². The predicted octanol–water partition coefficient (Wildman–Crippen LogP) is 3.01. The van der Waals surface area contributed by atoms with Crippen LogP contribution in [0.15, 0.2) is 28.7 Å². The van der Waals surface area contributed by atoms with Crippen molar-refractivity contribution in [2.75, 3.05) is 0 Å². The van der Waals surface area contributed by atoms with Gasteiger partial charge in [0.25, 0.3) is 0 Å². The Hall–Kier alpha value is -0.870. The van der Waals surface area contributed by atoms with E-state index in [4.69, 9.17) is 5.73 Å². The number of carbonyl (C=O) groups excluding carboxylic acids is 1. The van der Waals surface area contributed by atoms with E-state index in [1.54, 1.807) is 0 Å². The Kier molecular flexibility index (Phi) is 4.86. The fraction of sp³-hybridized carbons (Fsp3) is 0.562. The van der Waals surface area contributed by atoms with Gasteiger partial charge in [0.15, 0.2) is 0 Å². The molecular formula is C16H23BrN2O. The van der Waals surface area contributed by atoms with Crippen LogP contribution < -0.4 is 11.1 Å². The number of amides is 1. The summed E-state index contributed by atoms with van der Waals surface area (Å²) in [6.07, 6.45) is 3.53. The average molecular weight is 339 g/mol. The predicted molar refractivity (Wildman–Crippen MR) is 85.4 cm³/mol. The van der Waals surface area contributed by atoms with Crippen molar-refractivity contribution in [1.29, 1.82) is 0 Å². The third-order valence-electron chi connectivity index (χ3n) is 3.86. The van der Waals surface area contributed by atoms with E-state index in [1.165, 1.54) is 5.56 Å². The largest absolute Gasteiger partial charge is 0.351 e. The fourth-order valence-corrected chi connectivity index (χ4v) is 3.11. The van der Waals surface area contributed by atoms with Gasteiger partial charge in [-0.1, -0.05) is 28.1 Å². The molecule has 0 aromatic heterocycles. The molecule has 2 unspecified atom stereocenters. The van der Waals surface area contributed by atoms with Crippen LogP contribution in [0.3, 0.4) is 0 Å². The SMILES string of the molecule is CC(C)(Cc1ccc(Br)cc1)NC(=O)C1CCC(N)C1. The zero-order valence-electron chi connectivity index (χ0n) is 12.2. The lowest BCUT2D eigenvalue weighted by molar-refractivity contribution is -0.126. The van der Waals surface area contributed by atoms with Crippen molar-refractivity contribution in [3.8, 4) is 0 Å². The molecule has 1 aromatic carbocycles. The number of nitrogens with two attached hydrogens (primary N) is 1. The maximum absolute atomic E-state index is 12.3. The van der Waals surface area contributed by atoms with E-state index >= 15 is 0 Å². The van der Waals surface area contributed by atoms with Gasteiger partial charge in [-0.3, -0.25) is 4.79 Å². The van der Waals surface area contributed by atoms with Crippen LogP contribution in [0, 0.1) is 5.92 Å². The second-order valence-corrected chi connectivity index (χ2v) is 7.36. The molecule has 0 saturated heterocycles. The highest BCUT2D eigenvalue weighted by molar-refractivity contribution is 9.10. The minimum atomic E-state index is -0.238. The van der Waals surface area contributed by atoms with Gasteiger partial charge in [-0.15, -0.1) is 0 Å². The Bertz CT molecular complexity index is 470. The molecule has 0 bridgehead atoms. The summed E-state index contributed by atoms with van der Waals surface area (Å²) < 4.78 is 1.07. The molecule has 20 heavy (non-hydrogen) atoms. The molecule has 0 radical (unpaired) electrons. The molecule has 1 aliphatic carbocycles. The van der Waals surface area contributed by atoms with Gasteiger partial charge < -0.3 is 11.1 Å². The summed E-state index contributed by atoms with van der Waals surface area (Å²) >= 11 is 3.43. The summed E-state index contributed by atoms with van der Waals surface area (Å²) in [5.74, 6) is 0.245. The lowest BCUT2D eigenvalue weighted by Gasteiger charge is -2.28. The molecule has 1 amide bonds. The van der Waals surface area contributed by atoms with Crippen molar-refractivity contribution in [3.63, 3.8) is 0 Å². The first kappa shape index (κ1) is 15.5. The van der Waals surface area contributed by atoms with E-state index in [1.807, 2.05) is 12.1 Å². The van der Waals surface area contributed by atoms with E-state index in [-0.39, 0.29) is 23.4 Å². The highest BCUT2D eigenvalue weighted by atomic mass is 79.9. The Balaban J connectivity index is 1.93. The van der Waals surface area contributed by atoms with E-state index in [0.717, 1.165) is 30.2 Å². The quantitative estimate of drug-likeness (QED) is 0.886. The highest BCUT2D eigenvalue weighted by Gasteiger charge is 2.31. The van der Waals surface area contributed by atoms with Gasteiger partial charge in [0.2, 0.25) is 5.91 Å². The zero-order valence-corrected chi connectivity index (χ0v) is 13.7. The second-order valence-electron chi connectivity index (χ2n) is 6.45. The molecule has 110 valence electrons. The minimum Gasteiger partial charge on any atom is -0.351 e. The molecule has 4 heteroatoms. The van der Waals surface area contributed by atoms with Gasteiger partial charge >= 0.3 is 0 Å². The second kappa shape index (κ2) is 6.27. The first-order valence-electron chi connectivity index (χ1n) is 7.18. The van der Waals surface area contributed by atoms with E-state index in [9.17, 15) is 4.79 Å². The van der Waals surface area contributed by atoms with Crippen molar-refractivity contribution >= 4 is 21.8 Å². The number of halogens is 1. The molecule has 1 saturated carbocycles. The monoisotopic (exact) mass is 338 g/mol. The van der Waals surface area contributed by atoms with Crippen LogP contribution in [-0.4, -0.2) is 17.5 Å². The number of carbonyl (C=O) groups is 1. The molecule has 1 aliphatic rings. The topological polar surface area (TPSA) is 55.1 Å². The standard InChI is InChI=1S/C16H23BrN2O/c1-16(2,10-11-3-6-13(17)7-4-11)19-15(20)12-5-8-14(18)9-12/h3-4,6-7,12,14H,5,8-10,18H2,1-2H3,(H,19,20). The van der Waals surface area contributed by atoms with Crippen LogP contribution in [0.5, 0.6) is 0 Å². The molecule has 0 heterocycles. The average Bonchev–Trinajstić information content (AvgIpc) is 2.78. The lowest BCUT2D eigenvalue weighted by atomic mass is 9.93. The summed E-state index contributed by atoms with van der Waals surface area (Å²) in [6, 6.07) is 8.43. The van der Waals surface area contributed by atoms with Crippen molar-refractivity contribution in [2.24, 2.45) is 11.7 Å².